The fraction of sp³-hybridized carbons (Fsp3) is 0.400. The second-order valence-electron chi connectivity index (χ2n) is 5.24. The molecule has 1 atom stereocenters. The van der Waals surface area contributed by atoms with Crippen LogP contribution in [0.3, 0.4) is 0 Å². The Hall–Kier alpha value is -2.21. The minimum atomic E-state index is 0.0347. The quantitative estimate of drug-likeness (QED) is 0.923. The highest BCUT2D eigenvalue weighted by Gasteiger charge is 2.26. The molecule has 1 aromatic heterocycles. The monoisotopic (exact) mass is 287 g/mol. The largest absolute Gasteiger partial charge is 0.423 e. The predicted octanol–water partition coefficient (Wildman–Crippen LogP) is 1.58. The summed E-state index contributed by atoms with van der Waals surface area (Å²) in [6, 6.07) is 7.17. The summed E-state index contributed by atoms with van der Waals surface area (Å²) in [4.78, 5) is 14.3. The van der Waals surface area contributed by atoms with E-state index in [0.29, 0.717) is 17.4 Å². The van der Waals surface area contributed by atoms with E-state index in [1.165, 1.54) is 6.39 Å². The Labute approximate surface area is 122 Å². The van der Waals surface area contributed by atoms with Crippen molar-refractivity contribution in [3.63, 3.8) is 0 Å². The molecule has 0 aliphatic carbocycles. The molecule has 1 aliphatic heterocycles. The average molecular weight is 287 g/mol. The smallest absolute Gasteiger partial charge is 0.253 e. The van der Waals surface area contributed by atoms with E-state index in [4.69, 9.17) is 9.52 Å². The Morgan fingerprint density at radius 1 is 1.38 bits per heavy atom. The van der Waals surface area contributed by atoms with Gasteiger partial charge in [0.25, 0.3) is 5.91 Å². The molecule has 1 saturated heterocycles. The lowest BCUT2D eigenvalue weighted by Gasteiger charge is -2.16. The fourth-order valence-corrected chi connectivity index (χ4v) is 2.67. The maximum Gasteiger partial charge on any atom is 0.253 e. The molecular formula is C15H17N3O3. The first-order valence-corrected chi connectivity index (χ1v) is 7.04. The van der Waals surface area contributed by atoms with Crippen LogP contribution in [0.2, 0.25) is 0 Å². The van der Waals surface area contributed by atoms with Gasteiger partial charge in [-0.05, 0) is 43.0 Å². The second kappa shape index (κ2) is 6.05. The highest BCUT2D eigenvalue weighted by molar-refractivity contribution is 5.94. The van der Waals surface area contributed by atoms with Crippen molar-refractivity contribution in [2.24, 2.45) is 5.92 Å². The van der Waals surface area contributed by atoms with Crippen LogP contribution in [0, 0.1) is 5.92 Å². The summed E-state index contributed by atoms with van der Waals surface area (Å²) >= 11 is 0. The van der Waals surface area contributed by atoms with Crippen molar-refractivity contribution in [2.45, 2.75) is 12.8 Å². The number of benzene rings is 1. The zero-order valence-corrected chi connectivity index (χ0v) is 11.6. The Morgan fingerprint density at radius 2 is 2.19 bits per heavy atom. The number of amides is 1. The number of nitrogens with zero attached hydrogens (tertiary/aromatic N) is 3. The minimum absolute atomic E-state index is 0.0347. The highest BCUT2D eigenvalue weighted by atomic mass is 16.4. The third-order valence-electron chi connectivity index (χ3n) is 3.85. The van der Waals surface area contributed by atoms with Crippen molar-refractivity contribution in [3.8, 4) is 11.5 Å². The van der Waals surface area contributed by atoms with Gasteiger partial charge in [0, 0.05) is 30.8 Å². The standard InChI is InChI=1S/C15H17N3O3/c19-8-6-11-5-7-18(9-11)15(20)13-3-1-12(2-4-13)14-17-16-10-21-14/h1-4,10-11,19H,5-9H2. The minimum Gasteiger partial charge on any atom is -0.423 e. The number of aliphatic hydroxyl groups excluding tert-OH is 1. The van der Waals surface area contributed by atoms with Gasteiger partial charge in [0.2, 0.25) is 12.3 Å². The van der Waals surface area contributed by atoms with Crippen LogP contribution in [0.1, 0.15) is 23.2 Å². The summed E-state index contributed by atoms with van der Waals surface area (Å²) in [7, 11) is 0. The predicted molar refractivity (Wildman–Crippen MR) is 75.4 cm³/mol. The van der Waals surface area contributed by atoms with Crippen LogP contribution in [-0.2, 0) is 0 Å². The zero-order valence-electron chi connectivity index (χ0n) is 11.6. The van der Waals surface area contributed by atoms with Gasteiger partial charge in [-0.1, -0.05) is 0 Å². The lowest BCUT2D eigenvalue weighted by Crippen LogP contribution is -2.28. The molecule has 2 heterocycles. The van der Waals surface area contributed by atoms with Gasteiger partial charge in [0.05, 0.1) is 0 Å². The van der Waals surface area contributed by atoms with E-state index in [-0.39, 0.29) is 12.5 Å². The number of hydrogen-bond donors (Lipinski definition) is 1. The van der Waals surface area contributed by atoms with Gasteiger partial charge < -0.3 is 14.4 Å². The molecule has 3 rings (SSSR count). The summed E-state index contributed by atoms with van der Waals surface area (Å²) in [5.41, 5.74) is 1.45. The van der Waals surface area contributed by atoms with Crippen LogP contribution in [0.25, 0.3) is 11.5 Å². The molecule has 1 unspecified atom stereocenters. The van der Waals surface area contributed by atoms with E-state index in [1.807, 2.05) is 17.0 Å². The third-order valence-corrected chi connectivity index (χ3v) is 3.85. The number of hydrogen-bond acceptors (Lipinski definition) is 5. The van der Waals surface area contributed by atoms with Gasteiger partial charge in [0.1, 0.15) is 0 Å². The second-order valence-corrected chi connectivity index (χ2v) is 5.24. The fourth-order valence-electron chi connectivity index (χ4n) is 2.67. The Kier molecular flexibility index (Phi) is 3.96. The van der Waals surface area contributed by atoms with Crippen molar-refractivity contribution < 1.29 is 14.3 Å². The van der Waals surface area contributed by atoms with E-state index >= 15 is 0 Å². The summed E-state index contributed by atoms with van der Waals surface area (Å²) in [5.74, 6) is 0.891. The molecule has 0 bridgehead atoms. The molecule has 1 N–H and O–H groups in total. The molecule has 1 aliphatic rings. The lowest BCUT2D eigenvalue weighted by atomic mass is 10.1. The number of carbonyl (C=O) groups is 1. The van der Waals surface area contributed by atoms with Crippen LogP contribution in [0.4, 0.5) is 0 Å². The summed E-state index contributed by atoms with van der Waals surface area (Å²) in [5, 5.41) is 16.4. The van der Waals surface area contributed by atoms with E-state index in [1.54, 1.807) is 12.1 Å². The summed E-state index contributed by atoms with van der Waals surface area (Å²) in [6.45, 7) is 1.67. The van der Waals surface area contributed by atoms with Crippen molar-refractivity contribution in [1.29, 1.82) is 0 Å². The van der Waals surface area contributed by atoms with Crippen molar-refractivity contribution >= 4 is 5.91 Å². The molecule has 1 aromatic carbocycles. The number of aromatic nitrogens is 2. The Bertz CT molecular complexity index is 595. The normalized spacial score (nSPS) is 18.1. The average Bonchev–Trinajstić information content (AvgIpc) is 3.19. The molecule has 0 radical (unpaired) electrons. The van der Waals surface area contributed by atoms with Gasteiger partial charge in [0.15, 0.2) is 0 Å². The number of likely N-dealkylation sites (tertiary alicyclic amines) is 1. The first-order valence-electron chi connectivity index (χ1n) is 7.04. The van der Waals surface area contributed by atoms with E-state index in [9.17, 15) is 4.79 Å². The van der Waals surface area contributed by atoms with E-state index in [0.717, 1.165) is 31.5 Å². The SMILES string of the molecule is O=C(c1ccc(-c2nnco2)cc1)N1CCC(CCO)C1. The first kappa shape index (κ1) is 13.8. The molecule has 21 heavy (non-hydrogen) atoms. The lowest BCUT2D eigenvalue weighted by molar-refractivity contribution is 0.0785. The highest BCUT2D eigenvalue weighted by Crippen LogP contribution is 2.22. The third kappa shape index (κ3) is 2.95. The summed E-state index contributed by atoms with van der Waals surface area (Å²) in [6.07, 6.45) is 3.01. The van der Waals surface area contributed by atoms with Gasteiger partial charge in [-0.3, -0.25) is 4.79 Å². The molecule has 110 valence electrons. The molecule has 1 fully saturated rings. The topological polar surface area (TPSA) is 79.5 Å². The van der Waals surface area contributed by atoms with Crippen molar-refractivity contribution in [3.05, 3.63) is 36.2 Å². The van der Waals surface area contributed by atoms with Crippen LogP contribution >= 0.6 is 0 Å². The molecule has 1 amide bonds. The maximum atomic E-state index is 12.4. The van der Waals surface area contributed by atoms with Gasteiger partial charge in [-0.15, -0.1) is 10.2 Å². The Balaban J connectivity index is 1.68. The number of rotatable bonds is 4. The first-order chi connectivity index (χ1) is 10.3. The summed E-state index contributed by atoms with van der Waals surface area (Å²) < 4.78 is 5.12. The maximum absolute atomic E-state index is 12.4. The van der Waals surface area contributed by atoms with Crippen LogP contribution in [0.5, 0.6) is 0 Å². The van der Waals surface area contributed by atoms with Gasteiger partial charge in [-0.25, -0.2) is 0 Å². The number of aliphatic hydroxyl groups is 1. The van der Waals surface area contributed by atoms with Crippen LogP contribution in [0.15, 0.2) is 35.1 Å². The molecule has 6 heteroatoms. The van der Waals surface area contributed by atoms with Crippen molar-refractivity contribution in [2.75, 3.05) is 19.7 Å². The number of carbonyl (C=O) groups excluding carboxylic acids is 1. The molecule has 6 nitrogen and oxygen atoms in total. The zero-order chi connectivity index (χ0) is 14.7. The van der Waals surface area contributed by atoms with Gasteiger partial charge in [-0.2, -0.15) is 0 Å². The van der Waals surface area contributed by atoms with Crippen LogP contribution < -0.4 is 0 Å². The molecule has 0 saturated carbocycles. The Morgan fingerprint density at radius 3 is 2.86 bits per heavy atom. The molecular weight excluding hydrogens is 270 g/mol. The van der Waals surface area contributed by atoms with E-state index < -0.39 is 0 Å². The van der Waals surface area contributed by atoms with Crippen molar-refractivity contribution in [1.82, 2.24) is 15.1 Å². The van der Waals surface area contributed by atoms with Crippen LogP contribution in [-0.4, -0.2) is 45.8 Å². The molecule has 0 spiro atoms. The molecule has 2 aromatic rings. The van der Waals surface area contributed by atoms with Gasteiger partial charge >= 0.3 is 0 Å². The van der Waals surface area contributed by atoms with E-state index in [2.05, 4.69) is 10.2 Å².